The Labute approximate surface area is 184 Å². The van der Waals surface area contributed by atoms with Crippen molar-refractivity contribution in [1.29, 1.82) is 0 Å². The molecule has 0 spiro atoms. The molecule has 31 heavy (non-hydrogen) atoms. The molecule has 2 unspecified atom stereocenters. The second-order valence-electron chi connectivity index (χ2n) is 8.90. The quantitative estimate of drug-likeness (QED) is 0.777. The highest BCUT2D eigenvalue weighted by Crippen LogP contribution is 2.39. The first kappa shape index (κ1) is 20.0. The molecule has 1 N–H and O–H groups in total. The van der Waals surface area contributed by atoms with Gasteiger partial charge in [-0.15, -0.1) is 0 Å². The molecule has 6 nitrogen and oxygen atoms in total. The zero-order valence-electron chi connectivity index (χ0n) is 18.3. The van der Waals surface area contributed by atoms with Gasteiger partial charge in [-0.25, -0.2) is 0 Å². The molecule has 2 fully saturated rings. The van der Waals surface area contributed by atoms with Gasteiger partial charge in [-0.1, -0.05) is 6.07 Å². The van der Waals surface area contributed by atoms with E-state index < -0.39 is 0 Å². The Morgan fingerprint density at radius 2 is 1.77 bits per heavy atom. The van der Waals surface area contributed by atoms with Gasteiger partial charge in [0.25, 0.3) is 0 Å². The van der Waals surface area contributed by atoms with Gasteiger partial charge < -0.3 is 24.6 Å². The van der Waals surface area contributed by atoms with Gasteiger partial charge >= 0.3 is 0 Å². The summed E-state index contributed by atoms with van der Waals surface area (Å²) in [5, 5.41) is 3.25. The fourth-order valence-electron chi connectivity index (χ4n) is 4.93. The third-order valence-electron chi connectivity index (χ3n) is 6.96. The van der Waals surface area contributed by atoms with Crippen LogP contribution < -0.4 is 24.6 Å². The Morgan fingerprint density at radius 3 is 2.48 bits per heavy atom. The highest BCUT2D eigenvalue weighted by molar-refractivity contribution is 5.82. The number of nitrogens with zero attached hydrogens (tertiary/aromatic N) is 2. The van der Waals surface area contributed by atoms with Crippen LogP contribution in [0.5, 0.6) is 11.5 Å². The highest BCUT2D eigenvalue weighted by Gasteiger charge is 2.42. The topological polar surface area (TPSA) is 54.0 Å². The van der Waals surface area contributed by atoms with Crippen molar-refractivity contribution >= 4 is 17.3 Å². The van der Waals surface area contributed by atoms with Gasteiger partial charge in [-0.3, -0.25) is 4.79 Å². The summed E-state index contributed by atoms with van der Waals surface area (Å²) in [6, 6.07) is 14.6. The van der Waals surface area contributed by atoms with Gasteiger partial charge in [-0.2, -0.15) is 0 Å². The maximum absolute atomic E-state index is 13.2. The van der Waals surface area contributed by atoms with Crippen LogP contribution in [0.2, 0.25) is 0 Å². The minimum absolute atomic E-state index is 0.0549. The minimum Gasteiger partial charge on any atom is -0.497 e. The van der Waals surface area contributed by atoms with Crippen LogP contribution in [0.1, 0.15) is 18.4 Å². The molecule has 1 saturated carbocycles. The standard InChI is InChI=1S/C25H31N3O3/c1-30-20-9-6-19(7-10-20)27-11-12-28-23-14-21(31-2)8-5-18(23)13-22(24(28)16-27)25(29)26-15-17-3-4-17/h5-10,14,17,22,24H,3-4,11-13,15-16H2,1-2H3,(H,26,29). The predicted molar refractivity (Wildman–Crippen MR) is 122 cm³/mol. The van der Waals surface area contributed by atoms with Crippen molar-refractivity contribution in [1.82, 2.24) is 5.32 Å². The number of nitrogens with one attached hydrogen (secondary N) is 1. The van der Waals surface area contributed by atoms with Crippen LogP contribution in [0.3, 0.4) is 0 Å². The largest absolute Gasteiger partial charge is 0.497 e. The fourth-order valence-corrected chi connectivity index (χ4v) is 4.93. The molecule has 1 amide bonds. The number of ether oxygens (including phenoxy) is 2. The van der Waals surface area contributed by atoms with Crippen molar-refractivity contribution in [3.05, 3.63) is 48.0 Å². The zero-order chi connectivity index (χ0) is 21.4. The van der Waals surface area contributed by atoms with Gasteiger partial charge in [-0.05, 0) is 61.1 Å². The van der Waals surface area contributed by atoms with E-state index in [0.29, 0.717) is 5.92 Å². The Morgan fingerprint density at radius 1 is 1.03 bits per heavy atom. The summed E-state index contributed by atoms with van der Waals surface area (Å²) >= 11 is 0. The molecule has 0 bridgehead atoms. The molecule has 2 heterocycles. The van der Waals surface area contributed by atoms with Gasteiger partial charge in [0.2, 0.25) is 5.91 Å². The van der Waals surface area contributed by atoms with Crippen LogP contribution in [0, 0.1) is 11.8 Å². The molecule has 0 aromatic heterocycles. The summed E-state index contributed by atoms with van der Waals surface area (Å²) < 4.78 is 10.8. The maximum atomic E-state index is 13.2. The van der Waals surface area contributed by atoms with Crippen LogP contribution in [-0.4, -0.2) is 52.3 Å². The van der Waals surface area contributed by atoms with E-state index in [9.17, 15) is 4.79 Å². The number of methoxy groups -OCH3 is 2. The van der Waals surface area contributed by atoms with Crippen LogP contribution in [0.25, 0.3) is 0 Å². The molecule has 1 saturated heterocycles. The first-order valence-corrected chi connectivity index (χ1v) is 11.3. The van der Waals surface area contributed by atoms with Crippen molar-refractivity contribution < 1.29 is 14.3 Å². The summed E-state index contributed by atoms with van der Waals surface area (Å²) in [6.45, 7) is 3.43. The molecule has 1 aliphatic carbocycles. The molecule has 6 heteroatoms. The van der Waals surface area contributed by atoms with Crippen LogP contribution >= 0.6 is 0 Å². The van der Waals surface area contributed by atoms with Gasteiger partial charge in [0, 0.05) is 43.6 Å². The number of benzene rings is 2. The Balaban J connectivity index is 1.42. The minimum atomic E-state index is -0.0549. The number of piperazine rings is 1. The Bertz CT molecular complexity index is 942. The monoisotopic (exact) mass is 421 g/mol. The number of carbonyl (C=O) groups excluding carboxylic acids is 1. The van der Waals surface area contributed by atoms with Crippen molar-refractivity contribution in [3.8, 4) is 11.5 Å². The molecular formula is C25H31N3O3. The predicted octanol–water partition coefficient (Wildman–Crippen LogP) is 3.10. The van der Waals surface area contributed by atoms with Gasteiger partial charge in [0.1, 0.15) is 11.5 Å². The number of hydrogen-bond acceptors (Lipinski definition) is 5. The van der Waals surface area contributed by atoms with E-state index in [1.165, 1.54) is 29.8 Å². The number of amides is 1. The van der Waals surface area contributed by atoms with E-state index in [1.807, 2.05) is 18.2 Å². The van der Waals surface area contributed by atoms with Crippen molar-refractivity contribution in [2.75, 3.05) is 50.2 Å². The van der Waals surface area contributed by atoms with Crippen LogP contribution in [-0.2, 0) is 11.2 Å². The molecule has 2 atom stereocenters. The summed E-state index contributed by atoms with van der Waals surface area (Å²) in [6.07, 6.45) is 3.26. The third-order valence-corrected chi connectivity index (χ3v) is 6.96. The Kier molecular flexibility index (Phi) is 5.38. The molecule has 164 valence electrons. The number of carbonyl (C=O) groups is 1. The SMILES string of the molecule is COc1ccc(N2CCN3c4cc(OC)ccc4CC(C(=O)NCC4CC4)C3C2)cc1. The van der Waals surface area contributed by atoms with Gasteiger partial charge in [0.05, 0.1) is 26.2 Å². The number of hydrogen-bond donors (Lipinski definition) is 1. The van der Waals surface area contributed by atoms with E-state index in [4.69, 9.17) is 9.47 Å². The van der Waals surface area contributed by atoms with Crippen LogP contribution in [0.4, 0.5) is 11.4 Å². The number of fused-ring (bicyclic) bond motifs is 3. The highest BCUT2D eigenvalue weighted by atomic mass is 16.5. The van der Waals surface area contributed by atoms with Crippen molar-refractivity contribution in [3.63, 3.8) is 0 Å². The van der Waals surface area contributed by atoms with Crippen molar-refractivity contribution in [2.45, 2.75) is 25.3 Å². The lowest BCUT2D eigenvalue weighted by Crippen LogP contribution is -2.61. The zero-order valence-corrected chi connectivity index (χ0v) is 18.3. The van der Waals surface area contributed by atoms with E-state index in [0.717, 1.165) is 44.1 Å². The molecular weight excluding hydrogens is 390 g/mol. The van der Waals surface area contributed by atoms with Gasteiger partial charge in [0.15, 0.2) is 0 Å². The molecule has 2 aromatic rings. The van der Waals surface area contributed by atoms with E-state index in [2.05, 4.69) is 39.4 Å². The summed E-state index contributed by atoms with van der Waals surface area (Å²) in [5.41, 5.74) is 3.63. The second-order valence-corrected chi connectivity index (χ2v) is 8.90. The van der Waals surface area contributed by atoms with E-state index in [1.54, 1.807) is 14.2 Å². The Hall–Kier alpha value is -2.89. The molecule has 3 aliphatic rings. The first-order chi connectivity index (χ1) is 15.2. The second kappa shape index (κ2) is 8.33. The van der Waals surface area contributed by atoms with E-state index in [-0.39, 0.29) is 17.9 Å². The van der Waals surface area contributed by atoms with Crippen LogP contribution in [0.15, 0.2) is 42.5 Å². The summed E-state index contributed by atoms with van der Waals surface area (Å²) in [5.74, 6) is 2.55. The average Bonchev–Trinajstić information content (AvgIpc) is 3.66. The molecule has 0 radical (unpaired) electrons. The molecule has 5 rings (SSSR count). The third kappa shape index (κ3) is 4.03. The molecule has 2 aliphatic heterocycles. The molecule has 2 aromatic carbocycles. The lowest BCUT2D eigenvalue weighted by atomic mass is 9.83. The summed E-state index contributed by atoms with van der Waals surface area (Å²) in [4.78, 5) is 18.1. The maximum Gasteiger partial charge on any atom is 0.225 e. The number of rotatable bonds is 6. The summed E-state index contributed by atoms with van der Waals surface area (Å²) in [7, 11) is 3.39. The normalized spacial score (nSPS) is 22.4. The fraction of sp³-hybridized carbons (Fsp3) is 0.480. The van der Waals surface area contributed by atoms with E-state index >= 15 is 0 Å². The van der Waals surface area contributed by atoms with Crippen molar-refractivity contribution in [2.24, 2.45) is 11.8 Å². The lowest BCUT2D eigenvalue weighted by Gasteiger charge is -2.49. The smallest absolute Gasteiger partial charge is 0.225 e. The average molecular weight is 422 g/mol. The number of anilines is 2. The first-order valence-electron chi connectivity index (χ1n) is 11.3. The lowest BCUT2D eigenvalue weighted by molar-refractivity contribution is -0.125.